The van der Waals surface area contributed by atoms with E-state index in [9.17, 15) is 0 Å². The first-order chi connectivity index (χ1) is 10.8. The van der Waals surface area contributed by atoms with Crippen LogP contribution in [0.2, 0.25) is 0 Å². The third-order valence-corrected chi connectivity index (χ3v) is 5.07. The lowest BCUT2D eigenvalue weighted by Gasteiger charge is -2.34. The van der Waals surface area contributed by atoms with Gasteiger partial charge in [-0.05, 0) is 17.9 Å². The summed E-state index contributed by atoms with van der Waals surface area (Å²) in [4.78, 5) is 0. The minimum absolute atomic E-state index is 0. The smallest absolute Gasteiger partial charge is 0.137 e. The molecule has 2 nitrogen and oxygen atoms in total. The van der Waals surface area contributed by atoms with Crippen molar-refractivity contribution in [3.8, 4) is 5.75 Å². The number of halogens is 1. The average Bonchev–Trinajstić information content (AvgIpc) is 3.02. The van der Waals surface area contributed by atoms with Gasteiger partial charge in [0.25, 0.3) is 0 Å². The number of ether oxygens (including phenoxy) is 1. The van der Waals surface area contributed by atoms with Crippen LogP contribution < -0.4 is 21.7 Å². The van der Waals surface area contributed by atoms with Crippen molar-refractivity contribution in [2.45, 2.75) is 32.6 Å². The molecule has 0 spiro atoms. The highest BCUT2D eigenvalue weighted by molar-refractivity contribution is 5.88. The maximum absolute atomic E-state index is 6.17. The summed E-state index contributed by atoms with van der Waals surface area (Å²) in [6.07, 6.45) is 5.41. The number of hydrogen-bond acceptors (Lipinski definition) is 1. The maximum Gasteiger partial charge on any atom is 0.137 e. The fraction of sp³-hybridized carbons (Fsp3) is 0.500. The standard InChI is InChI=1S/C20H28NO.BrH/c1-2-3-13-21(14-6-7-15-21)16-17-22-20-12-8-10-18-9-4-5-11-19(18)20;/h4-5,8-12H,2-3,6-7,13-17H2,1H3;1H/q+1;/p-1. The monoisotopic (exact) mass is 377 g/mol. The van der Waals surface area contributed by atoms with Crippen molar-refractivity contribution < 1.29 is 26.2 Å². The normalized spacial score (nSPS) is 16.2. The van der Waals surface area contributed by atoms with Crippen LogP contribution >= 0.6 is 0 Å². The van der Waals surface area contributed by atoms with Crippen molar-refractivity contribution in [1.29, 1.82) is 0 Å². The second kappa shape index (κ2) is 8.70. The molecule has 0 saturated carbocycles. The maximum atomic E-state index is 6.17. The van der Waals surface area contributed by atoms with E-state index in [0.29, 0.717) is 0 Å². The SMILES string of the molecule is CCCC[N+]1(CCOc2cccc3ccccc23)CCCC1.[Br-]. The highest BCUT2D eigenvalue weighted by atomic mass is 79.9. The molecule has 0 N–H and O–H groups in total. The number of hydrogen-bond donors (Lipinski definition) is 0. The number of quaternary nitrogens is 1. The van der Waals surface area contributed by atoms with Crippen molar-refractivity contribution >= 4 is 10.8 Å². The molecule has 1 aliphatic rings. The number of benzene rings is 2. The molecule has 0 amide bonds. The predicted octanol–water partition coefficient (Wildman–Crippen LogP) is 1.63. The van der Waals surface area contributed by atoms with Crippen LogP contribution in [0.15, 0.2) is 42.5 Å². The summed E-state index contributed by atoms with van der Waals surface area (Å²) in [5, 5.41) is 2.49. The van der Waals surface area contributed by atoms with Crippen LogP contribution in [0.3, 0.4) is 0 Å². The molecule has 1 fully saturated rings. The summed E-state index contributed by atoms with van der Waals surface area (Å²) in [6.45, 7) is 8.30. The van der Waals surface area contributed by atoms with E-state index in [1.807, 2.05) is 0 Å². The summed E-state index contributed by atoms with van der Waals surface area (Å²) in [5.74, 6) is 1.03. The molecule has 0 aromatic heterocycles. The van der Waals surface area contributed by atoms with Crippen LogP contribution in [0.4, 0.5) is 0 Å². The first-order valence-electron chi connectivity index (χ1n) is 8.79. The van der Waals surface area contributed by atoms with Gasteiger partial charge < -0.3 is 26.2 Å². The Kier molecular flexibility index (Phi) is 6.91. The Bertz CT molecular complexity index is 602. The molecule has 1 saturated heterocycles. The number of fused-ring (bicyclic) bond motifs is 1. The van der Waals surface area contributed by atoms with Crippen LogP contribution in [0.25, 0.3) is 10.8 Å². The molecule has 2 aromatic carbocycles. The van der Waals surface area contributed by atoms with Crippen molar-refractivity contribution in [2.24, 2.45) is 0 Å². The lowest BCUT2D eigenvalue weighted by molar-refractivity contribution is -0.917. The molecule has 2 aromatic rings. The number of likely N-dealkylation sites (tertiary alicyclic amines) is 1. The number of nitrogens with zero attached hydrogens (tertiary/aromatic N) is 1. The van der Waals surface area contributed by atoms with Gasteiger partial charge >= 0.3 is 0 Å². The molecule has 0 atom stereocenters. The average molecular weight is 378 g/mol. The molecular formula is C20H28BrNO. The van der Waals surface area contributed by atoms with E-state index in [0.717, 1.165) is 18.9 Å². The second-order valence-corrected chi connectivity index (χ2v) is 6.62. The third kappa shape index (κ3) is 4.48. The van der Waals surface area contributed by atoms with E-state index >= 15 is 0 Å². The molecule has 1 heterocycles. The zero-order valence-electron chi connectivity index (χ0n) is 14.1. The van der Waals surface area contributed by atoms with E-state index in [1.54, 1.807) is 0 Å². The van der Waals surface area contributed by atoms with Gasteiger partial charge in [-0.15, -0.1) is 0 Å². The van der Waals surface area contributed by atoms with Gasteiger partial charge in [-0.1, -0.05) is 49.7 Å². The Labute approximate surface area is 150 Å². The Hall–Kier alpha value is -1.06. The van der Waals surface area contributed by atoms with Crippen molar-refractivity contribution in [3.05, 3.63) is 42.5 Å². The lowest BCUT2D eigenvalue weighted by atomic mass is 10.1. The molecule has 23 heavy (non-hydrogen) atoms. The molecule has 1 aliphatic heterocycles. The van der Waals surface area contributed by atoms with E-state index in [2.05, 4.69) is 49.4 Å². The Morgan fingerprint density at radius 3 is 2.48 bits per heavy atom. The third-order valence-electron chi connectivity index (χ3n) is 5.07. The summed E-state index contributed by atoms with van der Waals surface area (Å²) in [7, 11) is 0. The largest absolute Gasteiger partial charge is 1.00 e. The first-order valence-corrected chi connectivity index (χ1v) is 8.79. The van der Waals surface area contributed by atoms with E-state index in [4.69, 9.17) is 4.74 Å². The Morgan fingerprint density at radius 1 is 0.957 bits per heavy atom. The molecular weight excluding hydrogens is 350 g/mol. The molecule has 0 aliphatic carbocycles. The van der Waals surface area contributed by atoms with Crippen LogP contribution in [-0.4, -0.2) is 37.3 Å². The molecule has 3 heteroatoms. The van der Waals surface area contributed by atoms with Crippen LogP contribution in [-0.2, 0) is 0 Å². The van der Waals surface area contributed by atoms with E-state index in [-0.39, 0.29) is 17.0 Å². The molecule has 0 radical (unpaired) electrons. The second-order valence-electron chi connectivity index (χ2n) is 6.62. The topological polar surface area (TPSA) is 9.23 Å². The minimum atomic E-state index is 0. The molecule has 3 rings (SSSR count). The zero-order valence-corrected chi connectivity index (χ0v) is 15.7. The fourth-order valence-electron chi connectivity index (χ4n) is 3.73. The predicted molar refractivity (Wildman–Crippen MR) is 93.3 cm³/mol. The van der Waals surface area contributed by atoms with Gasteiger partial charge in [-0.25, -0.2) is 0 Å². The van der Waals surface area contributed by atoms with Crippen LogP contribution in [0.5, 0.6) is 5.75 Å². The lowest BCUT2D eigenvalue weighted by Crippen LogP contribution is -3.00. The molecule has 0 bridgehead atoms. The molecule has 126 valence electrons. The quantitative estimate of drug-likeness (QED) is 0.666. The van der Waals surface area contributed by atoms with Crippen molar-refractivity contribution in [1.82, 2.24) is 0 Å². The van der Waals surface area contributed by atoms with E-state index < -0.39 is 0 Å². The Morgan fingerprint density at radius 2 is 1.70 bits per heavy atom. The molecule has 0 unspecified atom stereocenters. The van der Waals surface area contributed by atoms with Gasteiger partial charge in [-0.3, -0.25) is 0 Å². The minimum Gasteiger partial charge on any atom is -1.00 e. The van der Waals surface area contributed by atoms with Crippen LogP contribution in [0.1, 0.15) is 32.6 Å². The van der Waals surface area contributed by atoms with Gasteiger partial charge in [0.1, 0.15) is 18.9 Å². The van der Waals surface area contributed by atoms with Crippen molar-refractivity contribution in [3.63, 3.8) is 0 Å². The summed E-state index contributed by atoms with van der Waals surface area (Å²) < 4.78 is 7.45. The number of unbranched alkanes of at least 4 members (excludes halogenated alkanes) is 1. The first kappa shape index (κ1) is 18.3. The summed E-state index contributed by atoms with van der Waals surface area (Å²) >= 11 is 0. The van der Waals surface area contributed by atoms with E-state index in [1.165, 1.54) is 60.6 Å². The highest BCUT2D eigenvalue weighted by Crippen LogP contribution is 2.26. The highest BCUT2D eigenvalue weighted by Gasteiger charge is 2.30. The van der Waals surface area contributed by atoms with Gasteiger partial charge in [0.05, 0.1) is 19.6 Å². The van der Waals surface area contributed by atoms with Gasteiger partial charge in [0.15, 0.2) is 0 Å². The van der Waals surface area contributed by atoms with Gasteiger partial charge in [0.2, 0.25) is 0 Å². The van der Waals surface area contributed by atoms with Crippen molar-refractivity contribution in [2.75, 3.05) is 32.8 Å². The zero-order chi connectivity index (χ0) is 15.3. The summed E-state index contributed by atoms with van der Waals surface area (Å²) in [5.41, 5.74) is 0. The Balaban J connectivity index is 0.00000192. The van der Waals surface area contributed by atoms with Crippen LogP contribution in [0, 0.1) is 0 Å². The number of rotatable bonds is 7. The van der Waals surface area contributed by atoms with Gasteiger partial charge in [-0.2, -0.15) is 0 Å². The fourth-order valence-corrected chi connectivity index (χ4v) is 3.73. The summed E-state index contributed by atoms with van der Waals surface area (Å²) in [6, 6.07) is 14.8. The van der Waals surface area contributed by atoms with Gasteiger partial charge in [0, 0.05) is 18.2 Å².